The van der Waals surface area contributed by atoms with Gasteiger partial charge in [0.25, 0.3) is 0 Å². The van der Waals surface area contributed by atoms with Gasteiger partial charge in [0, 0.05) is 37.2 Å². The van der Waals surface area contributed by atoms with E-state index in [1.807, 2.05) is 13.0 Å². The molecule has 0 saturated carbocycles. The maximum atomic E-state index is 13.1. The number of nitrogens with zero attached hydrogens (tertiary/aromatic N) is 1. The van der Waals surface area contributed by atoms with Gasteiger partial charge < -0.3 is 34.1 Å². The summed E-state index contributed by atoms with van der Waals surface area (Å²) >= 11 is 0. The average molecular weight is 587 g/mol. The molecule has 2 saturated heterocycles. The summed E-state index contributed by atoms with van der Waals surface area (Å²) in [5.41, 5.74) is 1.65. The van der Waals surface area contributed by atoms with Crippen molar-refractivity contribution in [1.82, 2.24) is 9.97 Å². The van der Waals surface area contributed by atoms with E-state index in [9.17, 15) is 14.7 Å². The van der Waals surface area contributed by atoms with Crippen LogP contribution in [0.25, 0.3) is 11.1 Å². The van der Waals surface area contributed by atoms with Crippen molar-refractivity contribution in [2.45, 2.75) is 71.4 Å². The van der Waals surface area contributed by atoms with Gasteiger partial charge in [0.1, 0.15) is 5.52 Å². The van der Waals surface area contributed by atoms with E-state index < -0.39 is 11.8 Å². The largest absolute Gasteiger partial charge is 2.00 e. The summed E-state index contributed by atoms with van der Waals surface area (Å²) in [6.07, 6.45) is 4.15. The number of rotatable bonds is 7. The Bertz CT molecular complexity index is 1330. The van der Waals surface area contributed by atoms with Crippen LogP contribution in [0.4, 0.5) is 5.69 Å². The number of ketones is 1. The number of nitrogens with one attached hydrogen (secondary N) is 2. The number of carboxylic acids is 1. The van der Waals surface area contributed by atoms with Crippen LogP contribution in [0.1, 0.15) is 73.7 Å². The number of hydrogen-bond acceptors (Lipinski definition) is 8. The van der Waals surface area contributed by atoms with Crippen LogP contribution in [0, 0.1) is 23.7 Å². The van der Waals surface area contributed by atoms with E-state index in [0.29, 0.717) is 29.3 Å². The molecule has 2 fully saturated rings. The zero-order valence-electron chi connectivity index (χ0n) is 24.0. The van der Waals surface area contributed by atoms with Gasteiger partial charge in [0.05, 0.1) is 35.9 Å². The Morgan fingerprint density at radius 3 is 2.60 bits per heavy atom. The maximum Gasteiger partial charge on any atom is 2.00 e. The van der Waals surface area contributed by atoms with Crippen molar-refractivity contribution < 1.29 is 28.6 Å². The van der Waals surface area contributed by atoms with E-state index >= 15 is 0 Å². The van der Waals surface area contributed by atoms with Gasteiger partial charge in [-0.05, 0) is 48.9 Å². The van der Waals surface area contributed by atoms with Crippen LogP contribution in [0.5, 0.6) is 0 Å². The van der Waals surface area contributed by atoms with Gasteiger partial charge in [-0.25, -0.2) is 4.98 Å². The van der Waals surface area contributed by atoms with E-state index in [4.69, 9.17) is 13.9 Å². The number of ether oxygens (including phenoxy) is 2. The van der Waals surface area contributed by atoms with Crippen LogP contribution in [-0.2, 0) is 15.9 Å². The number of fused-ring (bicyclic) bond motifs is 1. The maximum absolute atomic E-state index is 13.1. The van der Waals surface area contributed by atoms with Crippen molar-refractivity contribution in [1.29, 1.82) is 0 Å². The summed E-state index contributed by atoms with van der Waals surface area (Å²) in [6.45, 7) is 8.37. The number of aromatic amines is 1. The van der Waals surface area contributed by atoms with E-state index in [0.717, 1.165) is 19.3 Å². The minimum absolute atomic E-state index is 0. The summed E-state index contributed by atoms with van der Waals surface area (Å²) in [7, 11) is 1.65. The first kappa shape index (κ1) is 33.4. The molecular formula is C29H36CaMgN3O6+3. The average Bonchev–Trinajstić information content (AvgIpc) is 3.57. The summed E-state index contributed by atoms with van der Waals surface area (Å²) in [5, 5.41) is 14.7. The van der Waals surface area contributed by atoms with E-state index in [1.165, 1.54) is 0 Å². The zero-order chi connectivity index (χ0) is 27.2. The second-order valence-electron chi connectivity index (χ2n) is 11.1. The van der Waals surface area contributed by atoms with E-state index in [-0.39, 0.29) is 114 Å². The third-order valence-electron chi connectivity index (χ3n) is 8.53. The number of Topliss-reactive ketones (excluding diaryl/α,β-unsaturated/α-hetero) is 1. The Morgan fingerprint density at radius 1 is 1.20 bits per heavy atom. The standard InChI is InChI=1S/C29H37N3O6.Ca.Mg/c1-15-10-11-29(17(3)13-16(2)27(38-29)18(4)26(33)20-7-6-12-31-20)37-22(15)14-23-32-25-21(36-23)9-8-19(30-5)24(25)28(34)35;;/h6-9,12,15-18,22,27,30-31H,10-11,13-14H2,1-5H3,(H,34,35);;/q;2*+2/p-1/t15-,16+,17+,18?,22-,27-,29?;;/m0../s1. The molecule has 2 aliphatic rings. The number of benzene rings is 1. The Morgan fingerprint density at radius 2 is 1.95 bits per heavy atom. The van der Waals surface area contributed by atoms with Gasteiger partial charge in [-0.3, -0.25) is 4.79 Å². The van der Waals surface area contributed by atoms with Gasteiger partial charge in [-0.1, -0.05) is 27.7 Å². The normalized spacial score (nSPS) is 28.9. The molecule has 0 amide bonds. The molecule has 2 N–H and O–H groups in total. The van der Waals surface area contributed by atoms with E-state index in [2.05, 4.69) is 36.1 Å². The Labute approximate surface area is 280 Å². The monoisotopic (exact) mass is 586 g/mol. The Balaban J connectivity index is 0.00000220. The molecule has 0 radical (unpaired) electrons. The summed E-state index contributed by atoms with van der Waals surface area (Å²) in [6, 6.07) is 6.97. The van der Waals surface area contributed by atoms with Crippen molar-refractivity contribution in [3.8, 4) is 0 Å². The van der Waals surface area contributed by atoms with Crippen molar-refractivity contribution in [3.63, 3.8) is 0 Å². The molecule has 11 heteroatoms. The van der Waals surface area contributed by atoms with Crippen LogP contribution in [0.3, 0.4) is 0 Å². The fraction of sp³-hybridized carbons (Fsp3) is 0.552. The number of carbonyl (C=O) groups is 2. The SMILES string of the molecule is CNc1ccc2oc(C[C@@H]3OC4(CC[C@@H]3C)O[C@H](C(C)C(=O)c3ccc[nH]3)[C@H](C)C[C@H]4C)nc2c1C(=O)[O-].[Ca+2].[Mg+2]. The van der Waals surface area contributed by atoms with E-state index in [1.54, 1.807) is 31.4 Å². The number of carboxylic acid groups (broad SMARTS) is 1. The van der Waals surface area contributed by atoms with Crippen molar-refractivity contribution in [2.24, 2.45) is 23.7 Å². The Hall–Kier alpha value is -1.14. The molecule has 2 aliphatic heterocycles. The number of aromatic carboxylic acids is 1. The third kappa shape index (κ3) is 6.28. The predicted octanol–water partition coefficient (Wildman–Crippen LogP) is 3.43. The topological polar surface area (TPSA) is 130 Å². The molecule has 40 heavy (non-hydrogen) atoms. The molecule has 4 heterocycles. The molecule has 2 unspecified atom stereocenters. The number of carbonyl (C=O) groups excluding carboxylic acids is 2. The molecule has 3 aromatic rings. The van der Waals surface area contributed by atoms with Crippen molar-refractivity contribution >= 4 is 89.3 Å². The van der Waals surface area contributed by atoms with Crippen LogP contribution in [0.2, 0.25) is 0 Å². The zero-order valence-corrected chi connectivity index (χ0v) is 27.6. The molecule has 0 bridgehead atoms. The predicted molar refractivity (Wildman–Crippen MR) is 151 cm³/mol. The second kappa shape index (κ2) is 13.4. The number of aromatic nitrogens is 2. The van der Waals surface area contributed by atoms with Crippen LogP contribution in [-0.4, -0.2) is 108 Å². The molecule has 1 aromatic carbocycles. The minimum Gasteiger partial charge on any atom is -0.545 e. The molecule has 0 aliphatic carbocycles. The number of oxazole rings is 1. The summed E-state index contributed by atoms with van der Waals surface area (Å²) in [5.74, 6) is -1.43. The first-order valence-corrected chi connectivity index (χ1v) is 13.5. The minimum atomic E-state index is -1.31. The Kier molecular flexibility index (Phi) is 11.2. The van der Waals surface area contributed by atoms with Crippen molar-refractivity contribution in [2.75, 3.05) is 12.4 Å². The number of hydrogen-bond donors (Lipinski definition) is 2. The molecule has 1 spiro atoms. The second-order valence-corrected chi connectivity index (χ2v) is 11.1. The molecule has 204 valence electrons. The summed E-state index contributed by atoms with van der Waals surface area (Å²) in [4.78, 5) is 32.5. The van der Waals surface area contributed by atoms with Gasteiger partial charge in [0.2, 0.25) is 0 Å². The van der Waals surface area contributed by atoms with Crippen molar-refractivity contribution in [3.05, 3.63) is 47.6 Å². The third-order valence-corrected chi connectivity index (χ3v) is 8.53. The number of H-pyrrole nitrogens is 1. The molecular weight excluding hydrogens is 551 g/mol. The molecule has 7 atom stereocenters. The summed E-state index contributed by atoms with van der Waals surface area (Å²) < 4.78 is 19.5. The fourth-order valence-corrected chi connectivity index (χ4v) is 6.26. The first-order valence-electron chi connectivity index (χ1n) is 13.5. The van der Waals surface area contributed by atoms with Crippen LogP contribution < -0.4 is 10.4 Å². The molecule has 5 rings (SSSR count). The smallest absolute Gasteiger partial charge is 0.545 e. The quantitative estimate of drug-likeness (QED) is 0.318. The molecule has 9 nitrogen and oxygen atoms in total. The van der Waals surface area contributed by atoms with Gasteiger partial charge in [-0.15, -0.1) is 0 Å². The van der Waals surface area contributed by atoms with Crippen LogP contribution >= 0.6 is 0 Å². The van der Waals surface area contributed by atoms with Gasteiger partial charge in [-0.2, -0.15) is 0 Å². The fourth-order valence-electron chi connectivity index (χ4n) is 6.26. The number of anilines is 1. The van der Waals surface area contributed by atoms with Gasteiger partial charge in [0.15, 0.2) is 23.0 Å². The van der Waals surface area contributed by atoms with Gasteiger partial charge >= 0.3 is 60.8 Å². The molecule has 2 aromatic heterocycles. The van der Waals surface area contributed by atoms with Crippen LogP contribution in [0.15, 0.2) is 34.9 Å². The first-order chi connectivity index (χ1) is 18.1.